The van der Waals surface area contributed by atoms with Gasteiger partial charge in [0.25, 0.3) is 0 Å². The fourth-order valence-electron chi connectivity index (χ4n) is 1.86. The van der Waals surface area contributed by atoms with Crippen molar-refractivity contribution in [2.45, 2.75) is 24.4 Å². The lowest BCUT2D eigenvalue weighted by Gasteiger charge is -2.19. The highest BCUT2D eigenvalue weighted by atomic mass is 19.4. The second kappa shape index (κ2) is 3.65. The zero-order valence-electron chi connectivity index (χ0n) is 8.71. The highest BCUT2D eigenvalue weighted by molar-refractivity contribution is 5.82. The molecule has 3 nitrogen and oxygen atoms in total. The van der Waals surface area contributed by atoms with Crippen LogP contribution in [0.25, 0.3) is 0 Å². The molecule has 0 heterocycles. The lowest BCUT2D eigenvalue weighted by molar-refractivity contribution is -0.160. The van der Waals surface area contributed by atoms with Crippen LogP contribution < -0.4 is 5.32 Å². The Bertz CT molecular complexity index is 435. The predicted octanol–water partition coefficient (Wildman–Crippen LogP) is 3.37. The molecule has 1 amide bonds. The van der Waals surface area contributed by atoms with Crippen LogP contribution in [0.5, 0.6) is 0 Å². The Morgan fingerprint density at radius 2 is 1.76 bits per heavy atom. The predicted molar refractivity (Wildman–Crippen MR) is 55.1 cm³/mol. The smallest absolute Gasteiger partial charge is 0.409 e. The molecular formula is C11H10F3NO2. The van der Waals surface area contributed by atoms with Crippen LogP contribution in [-0.4, -0.2) is 17.4 Å². The van der Waals surface area contributed by atoms with Crippen molar-refractivity contribution in [2.24, 2.45) is 0 Å². The number of amides is 1. The number of alkyl halides is 3. The van der Waals surface area contributed by atoms with E-state index in [0.29, 0.717) is 0 Å². The summed E-state index contributed by atoms with van der Waals surface area (Å²) >= 11 is 0. The van der Waals surface area contributed by atoms with Gasteiger partial charge in [0.05, 0.1) is 5.41 Å². The van der Waals surface area contributed by atoms with Gasteiger partial charge < -0.3 is 5.11 Å². The molecule has 1 saturated carbocycles. The molecule has 2 N–H and O–H groups in total. The summed E-state index contributed by atoms with van der Waals surface area (Å²) < 4.78 is 38.3. The number of rotatable bonds is 2. The largest absolute Gasteiger partial charge is 0.465 e. The van der Waals surface area contributed by atoms with Crippen LogP contribution in [0.1, 0.15) is 18.4 Å². The first kappa shape index (κ1) is 11.8. The van der Waals surface area contributed by atoms with E-state index in [1.165, 1.54) is 24.3 Å². The van der Waals surface area contributed by atoms with Crippen molar-refractivity contribution in [3.63, 3.8) is 0 Å². The van der Waals surface area contributed by atoms with E-state index in [0.717, 1.165) is 0 Å². The van der Waals surface area contributed by atoms with Gasteiger partial charge >= 0.3 is 12.3 Å². The second-order valence-corrected chi connectivity index (χ2v) is 4.09. The van der Waals surface area contributed by atoms with Crippen LogP contribution >= 0.6 is 0 Å². The zero-order valence-corrected chi connectivity index (χ0v) is 8.71. The number of nitrogens with one attached hydrogen (secondary N) is 1. The standard InChI is InChI=1S/C11H10F3NO2/c12-11(13,14)10(5-6-10)7-1-3-8(4-2-7)15-9(16)17/h1-4,15H,5-6H2,(H,16,17). The Morgan fingerprint density at radius 1 is 1.24 bits per heavy atom. The molecule has 0 aromatic heterocycles. The maximum atomic E-state index is 12.8. The van der Waals surface area contributed by atoms with Gasteiger partial charge in [-0.15, -0.1) is 0 Å². The van der Waals surface area contributed by atoms with Crippen LogP contribution in [0.4, 0.5) is 23.7 Å². The molecule has 6 heteroatoms. The van der Waals surface area contributed by atoms with Crippen molar-refractivity contribution < 1.29 is 23.1 Å². The zero-order chi connectivity index (χ0) is 12.7. The van der Waals surface area contributed by atoms with Gasteiger partial charge in [-0.2, -0.15) is 13.2 Å². The molecule has 1 aromatic rings. The summed E-state index contributed by atoms with van der Waals surface area (Å²) in [6, 6.07) is 5.34. The lowest BCUT2D eigenvalue weighted by atomic mass is 9.95. The minimum Gasteiger partial charge on any atom is -0.465 e. The van der Waals surface area contributed by atoms with E-state index in [2.05, 4.69) is 5.32 Å². The van der Waals surface area contributed by atoms with Crippen molar-refractivity contribution in [3.05, 3.63) is 29.8 Å². The van der Waals surface area contributed by atoms with E-state index >= 15 is 0 Å². The van der Waals surface area contributed by atoms with Gasteiger partial charge in [-0.1, -0.05) is 12.1 Å². The quantitative estimate of drug-likeness (QED) is 0.839. The molecule has 0 aliphatic heterocycles. The van der Waals surface area contributed by atoms with E-state index in [1.54, 1.807) is 0 Å². The summed E-state index contributed by atoms with van der Waals surface area (Å²) in [7, 11) is 0. The Kier molecular flexibility index (Phi) is 2.52. The first-order valence-corrected chi connectivity index (χ1v) is 5.02. The second-order valence-electron chi connectivity index (χ2n) is 4.09. The minimum absolute atomic E-state index is 0.0994. The topological polar surface area (TPSA) is 49.3 Å². The van der Waals surface area contributed by atoms with E-state index in [9.17, 15) is 18.0 Å². The first-order valence-electron chi connectivity index (χ1n) is 5.02. The molecule has 1 aliphatic rings. The molecule has 17 heavy (non-hydrogen) atoms. The summed E-state index contributed by atoms with van der Waals surface area (Å²) in [6.07, 6.45) is -5.28. The normalized spacial score (nSPS) is 17.6. The Balaban J connectivity index is 2.22. The summed E-state index contributed by atoms with van der Waals surface area (Å²) in [6.45, 7) is 0. The number of benzene rings is 1. The monoisotopic (exact) mass is 245 g/mol. The van der Waals surface area contributed by atoms with Gasteiger partial charge in [-0.05, 0) is 30.5 Å². The fraction of sp³-hybridized carbons (Fsp3) is 0.364. The SMILES string of the molecule is O=C(O)Nc1ccc(C2(C(F)(F)F)CC2)cc1. The maximum absolute atomic E-state index is 12.8. The Labute approximate surface area is 95.3 Å². The van der Waals surface area contributed by atoms with Crippen molar-refractivity contribution in [2.75, 3.05) is 5.32 Å². The van der Waals surface area contributed by atoms with Crippen LogP contribution in [-0.2, 0) is 5.41 Å². The molecule has 0 spiro atoms. The summed E-state index contributed by atoms with van der Waals surface area (Å²) in [5, 5.41) is 10.5. The lowest BCUT2D eigenvalue weighted by Crippen LogP contribution is -2.28. The number of carbonyl (C=O) groups is 1. The fourth-order valence-corrected chi connectivity index (χ4v) is 1.86. The number of hydrogen-bond acceptors (Lipinski definition) is 1. The number of carboxylic acid groups (broad SMARTS) is 1. The molecule has 2 rings (SSSR count). The average Bonchev–Trinajstić information content (AvgIpc) is 2.97. The van der Waals surface area contributed by atoms with Crippen molar-refractivity contribution >= 4 is 11.8 Å². The van der Waals surface area contributed by atoms with E-state index in [4.69, 9.17) is 5.11 Å². The van der Waals surface area contributed by atoms with Gasteiger partial charge in [0.1, 0.15) is 0 Å². The van der Waals surface area contributed by atoms with Crippen molar-refractivity contribution in [3.8, 4) is 0 Å². The van der Waals surface area contributed by atoms with Crippen LogP contribution in [0, 0.1) is 0 Å². The minimum atomic E-state index is -4.24. The van der Waals surface area contributed by atoms with E-state index in [1.807, 2.05) is 0 Å². The molecule has 0 radical (unpaired) electrons. The molecule has 0 saturated heterocycles. The van der Waals surface area contributed by atoms with Crippen molar-refractivity contribution in [1.29, 1.82) is 0 Å². The number of anilines is 1. The van der Waals surface area contributed by atoms with Gasteiger partial charge in [-0.3, -0.25) is 5.32 Å². The van der Waals surface area contributed by atoms with Crippen LogP contribution in [0.2, 0.25) is 0 Å². The number of halogens is 3. The van der Waals surface area contributed by atoms with Crippen LogP contribution in [0.3, 0.4) is 0 Å². The third-order valence-electron chi connectivity index (χ3n) is 2.98. The van der Waals surface area contributed by atoms with Gasteiger partial charge in [0.15, 0.2) is 0 Å². The summed E-state index contributed by atoms with van der Waals surface area (Å²) in [4.78, 5) is 10.3. The molecule has 1 fully saturated rings. The molecule has 0 unspecified atom stereocenters. The Hall–Kier alpha value is -1.72. The molecule has 92 valence electrons. The van der Waals surface area contributed by atoms with Gasteiger partial charge in [0, 0.05) is 5.69 Å². The summed E-state index contributed by atoms with van der Waals surface area (Å²) in [5.74, 6) is 0. The van der Waals surface area contributed by atoms with E-state index < -0.39 is 17.7 Å². The highest BCUT2D eigenvalue weighted by Gasteiger charge is 2.64. The molecule has 1 aliphatic carbocycles. The molecule has 0 atom stereocenters. The van der Waals surface area contributed by atoms with Crippen LogP contribution in [0.15, 0.2) is 24.3 Å². The van der Waals surface area contributed by atoms with Gasteiger partial charge in [0.2, 0.25) is 0 Å². The highest BCUT2D eigenvalue weighted by Crippen LogP contribution is 2.58. The molecule has 0 bridgehead atoms. The third kappa shape index (κ3) is 2.07. The first-order chi connectivity index (χ1) is 7.85. The molecule has 1 aromatic carbocycles. The van der Waals surface area contributed by atoms with E-state index in [-0.39, 0.29) is 24.1 Å². The molecular weight excluding hydrogens is 235 g/mol. The maximum Gasteiger partial charge on any atom is 0.409 e. The third-order valence-corrected chi connectivity index (χ3v) is 2.98. The van der Waals surface area contributed by atoms with Gasteiger partial charge in [-0.25, -0.2) is 4.79 Å². The Morgan fingerprint density at radius 3 is 2.12 bits per heavy atom. The summed E-state index contributed by atoms with van der Waals surface area (Å²) in [5.41, 5.74) is -1.26. The number of hydrogen-bond donors (Lipinski definition) is 2. The van der Waals surface area contributed by atoms with Crippen molar-refractivity contribution in [1.82, 2.24) is 0 Å². The average molecular weight is 245 g/mol.